The summed E-state index contributed by atoms with van der Waals surface area (Å²) in [4.78, 5) is 45.8. The molecule has 0 spiro atoms. The molecule has 0 saturated carbocycles. The summed E-state index contributed by atoms with van der Waals surface area (Å²) in [6.07, 6.45) is 1.82. The van der Waals surface area contributed by atoms with Gasteiger partial charge in [0.1, 0.15) is 16.7 Å². The molecule has 0 bridgehead atoms. The first-order chi connectivity index (χ1) is 16.6. The van der Waals surface area contributed by atoms with Gasteiger partial charge in [-0.3, -0.25) is 9.59 Å². The van der Waals surface area contributed by atoms with Crippen LogP contribution in [0.5, 0.6) is 0 Å². The number of para-hydroxylation sites is 1. The summed E-state index contributed by atoms with van der Waals surface area (Å²) in [5, 5.41) is 16.1. The zero-order chi connectivity index (χ0) is 25.7. The van der Waals surface area contributed by atoms with Crippen LogP contribution in [0, 0.1) is 5.92 Å². The quantitative estimate of drug-likeness (QED) is 0.343. The van der Waals surface area contributed by atoms with Gasteiger partial charge in [0.05, 0.1) is 0 Å². The number of ether oxygens (including phenoxy) is 1. The van der Waals surface area contributed by atoms with Crippen LogP contribution in [-0.4, -0.2) is 64.0 Å². The maximum Gasteiger partial charge on any atom is 0.326 e. The van der Waals surface area contributed by atoms with Crippen molar-refractivity contribution in [2.75, 3.05) is 14.1 Å². The number of hydrogen-bond acceptors (Lipinski definition) is 7. The summed E-state index contributed by atoms with van der Waals surface area (Å²) < 4.78 is 5.52. The lowest BCUT2D eigenvalue weighted by Crippen LogP contribution is -2.44. The highest BCUT2D eigenvalue weighted by Gasteiger charge is 2.31. The number of nitrogens with zero attached hydrogens (tertiary/aromatic N) is 2. The number of carboxylic acids is 1. The predicted octanol–water partition coefficient (Wildman–Crippen LogP) is 3.63. The Hall–Kier alpha value is -3.24. The largest absolute Gasteiger partial charge is 0.480 e. The summed E-state index contributed by atoms with van der Waals surface area (Å²) in [6, 6.07) is 6.62. The van der Waals surface area contributed by atoms with Crippen molar-refractivity contribution < 1.29 is 24.2 Å². The molecule has 10 heteroatoms. The zero-order valence-corrected chi connectivity index (χ0v) is 21.4. The average molecular weight is 501 g/mol. The van der Waals surface area contributed by atoms with Crippen LogP contribution in [0.25, 0.3) is 10.9 Å². The first-order valence-electron chi connectivity index (χ1n) is 11.5. The van der Waals surface area contributed by atoms with Crippen molar-refractivity contribution in [2.24, 2.45) is 5.92 Å². The van der Waals surface area contributed by atoms with Gasteiger partial charge in [0.25, 0.3) is 5.91 Å². The lowest BCUT2D eigenvalue weighted by atomic mass is 9.98. The van der Waals surface area contributed by atoms with Gasteiger partial charge in [-0.25, -0.2) is 9.78 Å². The van der Waals surface area contributed by atoms with Gasteiger partial charge in [-0.2, -0.15) is 0 Å². The van der Waals surface area contributed by atoms with Crippen molar-refractivity contribution in [3.8, 4) is 0 Å². The Morgan fingerprint density at radius 1 is 1.26 bits per heavy atom. The molecule has 3 atom stereocenters. The maximum atomic E-state index is 13.2. The second-order valence-electron chi connectivity index (χ2n) is 8.88. The highest BCUT2D eigenvalue weighted by molar-refractivity contribution is 7.09. The Morgan fingerprint density at radius 2 is 1.97 bits per heavy atom. The topological polar surface area (TPSA) is 125 Å². The van der Waals surface area contributed by atoms with Crippen LogP contribution in [0.1, 0.15) is 54.4 Å². The minimum absolute atomic E-state index is 0.0811. The van der Waals surface area contributed by atoms with E-state index in [4.69, 9.17) is 4.74 Å². The first kappa shape index (κ1) is 26.4. The summed E-state index contributed by atoms with van der Waals surface area (Å²) >= 11 is 1.22. The van der Waals surface area contributed by atoms with Crippen LogP contribution >= 0.6 is 11.3 Å². The molecule has 188 valence electrons. The molecule has 0 aliphatic heterocycles. The number of nitrogens with one attached hydrogen (secondary N) is 2. The third-order valence-electron chi connectivity index (χ3n) is 6.13. The van der Waals surface area contributed by atoms with E-state index in [1.54, 1.807) is 11.6 Å². The van der Waals surface area contributed by atoms with Crippen molar-refractivity contribution in [1.29, 1.82) is 0 Å². The van der Waals surface area contributed by atoms with Crippen molar-refractivity contribution in [3.05, 3.63) is 52.1 Å². The standard InChI is InChI=1S/C25H32N4O5S/c1-14(2)19(26-4)11-22(34-15(3)30)23-28-20(13-35-23)24(31)29(5)21(25(32)33)10-16-12-27-18-9-7-6-8-17(16)18/h6-9,12-14,19,21-22,26-27H,10-11H2,1-5H3,(H,32,33). The fourth-order valence-corrected chi connectivity index (χ4v) is 4.94. The molecule has 3 unspecified atom stereocenters. The number of hydrogen-bond donors (Lipinski definition) is 3. The van der Waals surface area contributed by atoms with Crippen LogP contribution in [0.2, 0.25) is 0 Å². The normalized spacial score (nSPS) is 14.0. The molecule has 2 aromatic heterocycles. The van der Waals surface area contributed by atoms with Crippen LogP contribution in [0.3, 0.4) is 0 Å². The van der Waals surface area contributed by atoms with Crippen LogP contribution < -0.4 is 5.32 Å². The van der Waals surface area contributed by atoms with E-state index in [2.05, 4.69) is 29.1 Å². The molecular formula is C25H32N4O5S. The minimum atomic E-state index is -1.10. The van der Waals surface area contributed by atoms with E-state index in [-0.39, 0.29) is 18.2 Å². The van der Waals surface area contributed by atoms with Crippen molar-refractivity contribution in [1.82, 2.24) is 20.2 Å². The van der Waals surface area contributed by atoms with Gasteiger partial charge in [0.15, 0.2) is 6.10 Å². The third-order valence-corrected chi connectivity index (χ3v) is 7.07. The Bertz CT molecular complexity index is 1190. The number of carboxylic acid groups (broad SMARTS) is 1. The second kappa shape index (κ2) is 11.5. The van der Waals surface area contributed by atoms with E-state index < -0.39 is 30.0 Å². The number of likely N-dealkylation sites (N-methyl/N-ethyl adjacent to an activating group) is 1. The van der Waals surface area contributed by atoms with Gasteiger partial charge >= 0.3 is 11.9 Å². The molecule has 1 aromatic carbocycles. The van der Waals surface area contributed by atoms with Gasteiger partial charge in [0, 0.05) is 55.3 Å². The number of aromatic amines is 1. The molecule has 9 nitrogen and oxygen atoms in total. The molecule has 3 rings (SSSR count). The van der Waals surface area contributed by atoms with Gasteiger partial charge < -0.3 is 25.0 Å². The number of benzene rings is 1. The fourth-order valence-electron chi connectivity index (χ4n) is 4.11. The highest BCUT2D eigenvalue weighted by Crippen LogP contribution is 2.29. The number of carbonyl (C=O) groups is 3. The zero-order valence-electron chi connectivity index (χ0n) is 20.6. The number of thiazole rings is 1. The maximum absolute atomic E-state index is 13.2. The molecule has 2 heterocycles. The van der Waals surface area contributed by atoms with Crippen molar-refractivity contribution in [2.45, 2.75) is 51.8 Å². The summed E-state index contributed by atoms with van der Waals surface area (Å²) in [5.74, 6) is -1.74. The molecule has 0 saturated heterocycles. The monoisotopic (exact) mass is 500 g/mol. The molecule has 3 N–H and O–H groups in total. The van der Waals surface area contributed by atoms with Crippen LogP contribution in [-0.2, 0) is 20.7 Å². The van der Waals surface area contributed by atoms with E-state index in [1.807, 2.05) is 31.3 Å². The number of esters is 1. The fraction of sp³-hybridized carbons (Fsp3) is 0.440. The lowest BCUT2D eigenvalue weighted by molar-refractivity contribution is -0.147. The molecule has 0 radical (unpaired) electrons. The summed E-state index contributed by atoms with van der Waals surface area (Å²) in [6.45, 7) is 5.47. The van der Waals surface area contributed by atoms with E-state index in [0.29, 0.717) is 17.3 Å². The summed E-state index contributed by atoms with van der Waals surface area (Å²) in [7, 11) is 3.31. The Balaban J connectivity index is 1.81. The number of carbonyl (C=O) groups excluding carboxylic acids is 2. The van der Waals surface area contributed by atoms with Crippen LogP contribution in [0.4, 0.5) is 0 Å². The SMILES string of the molecule is CNC(CC(OC(C)=O)c1nc(C(=O)N(C)C(Cc2c[nH]c3ccccc23)C(=O)O)cs1)C(C)C. The Morgan fingerprint density at radius 3 is 2.60 bits per heavy atom. The number of rotatable bonds is 11. The Labute approximate surface area is 208 Å². The first-order valence-corrected chi connectivity index (χ1v) is 12.3. The van der Waals surface area contributed by atoms with E-state index in [9.17, 15) is 19.5 Å². The number of fused-ring (bicyclic) bond motifs is 1. The number of H-pyrrole nitrogens is 1. The highest BCUT2D eigenvalue weighted by atomic mass is 32.1. The summed E-state index contributed by atoms with van der Waals surface area (Å²) in [5.41, 5.74) is 1.84. The van der Waals surface area contributed by atoms with Gasteiger partial charge in [-0.05, 0) is 24.6 Å². The number of amides is 1. The molecular weight excluding hydrogens is 468 g/mol. The Kier molecular flexibility index (Phi) is 8.63. The average Bonchev–Trinajstić information content (AvgIpc) is 3.46. The van der Waals surface area contributed by atoms with Crippen LogP contribution in [0.15, 0.2) is 35.8 Å². The van der Waals surface area contributed by atoms with Crippen molar-refractivity contribution >= 4 is 40.1 Å². The van der Waals surface area contributed by atoms with Gasteiger partial charge in [-0.1, -0.05) is 32.0 Å². The molecule has 3 aromatic rings. The van der Waals surface area contributed by atoms with E-state index >= 15 is 0 Å². The van der Waals surface area contributed by atoms with E-state index in [0.717, 1.165) is 16.5 Å². The molecule has 0 fully saturated rings. The molecule has 35 heavy (non-hydrogen) atoms. The third kappa shape index (κ3) is 6.26. The second-order valence-corrected chi connectivity index (χ2v) is 9.77. The number of aromatic nitrogens is 2. The van der Waals surface area contributed by atoms with Gasteiger partial charge in [0.2, 0.25) is 0 Å². The minimum Gasteiger partial charge on any atom is -0.480 e. The number of aliphatic carboxylic acids is 1. The molecule has 1 amide bonds. The van der Waals surface area contributed by atoms with E-state index in [1.165, 1.54) is 30.2 Å². The molecule has 0 aliphatic carbocycles. The lowest BCUT2D eigenvalue weighted by Gasteiger charge is -2.25. The molecule has 0 aliphatic rings. The predicted molar refractivity (Wildman–Crippen MR) is 134 cm³/mol. The smallest absolute Gasteiger partial charge is 0.326 e. The van der Waals surface area contributed by atoms with Gasteiger partial charge in [-0.15, -0.1) is 11.3 Å². The van der Waals surface area contributed by atoms with Crippen molar-refractivity contribution in [3.63, 3.8) is 0 Å².